The fourth-order valence-electron chi connectivity index (χ4n) is 2.33. The summed E-state index contributed by atoms with van der Waals surface area (Å²) >= 11 is 0. The Morgan fingerprint density at radius 2 is 2.20 bits per heavy atom. The Balaban J connectivity index is 1.72. The third kappa shape index (κ3) is 3.72. The van der Waals surface area contributed by atoms with Gasteiger partial charge in [0.2, 0.25) is 0 Å². The van der Waals surface area contributed by atoms with Crippen LogP contribution in [-0.4, -0.2) is 75.4 Å². The van der Waals surface area contributed by atoms with Gasteiger partial charge in [0.25, 0.3) is 0 Å². The second-order valence-electron chi connectivity index (χ2n) is 4.68. The highest BCUT2D eigenvalue weighted by atomic mass is 16.5. The van der Waals surface area contributed by atoms with Crippen LogP contribution in [-0.2, 0) is 4.74 Å². The summed E-state index contributed by atoms with van der Waals surface area (Å²) in [6.07, 6.45) is 1.30. The van der Waals surface area contributed by atoms with Crippen LogP contribution in [0.25, 0.3) is 0 Å². The van der Waals surface area contributed by atoms with Crippen molar-refractivity contribution in [2.45, 2.75) is 12.5 Å². The van der Waals surface area contributed by atoms with E-state index in [4.69, 9.17) is 4.74 Å². The van der Waals surface area contributed by atoms with Gasteiger partial charge in [-0.2, -0.15) is 0 Å². The number of hydrogen-bond acceptors (Lipinski definition) is 4. The van der Waals surface area contributed by atoms with Crippen LogP contribution in [0.5, 0.6) is 0 Å². The number of hydrogen-bond donors (Lipinski definition) is 1. The normalized spacial score (nSPS) is 31.4. The second-order valence-corrected chi connectivity index (χ2v) is 4.68. The third-order valence-electron chi connectivity index (χ3n) is 3.29. The number of nitrogens with zero attached hydrogens (tertiary/aromatic N) is 2. The average molecular weight is 213 g/mol. The van der Waals surface area contributed by atoms with Gasteiger partial charge < -0.3 is 19.9 Å². The monoisotopic (exact) mass is 213 g/mol. The van der Waals surface area contributed by atoms with Crippen LogP contribution in [0.2, 0.25) is 0 Å². The summed E-state index contributed by atoms with van der Waals surface area (Å²) in [5, 5.41) is 3.52. The Morgan fingerprint density at radius 1 is 1.27 bits per heavy atom. The Labute approximate surface area is 92.6 Å². The van der Waals surface area contributed by atoms with Gasteiger partial charge in [0.1, 0.15) is 0 Å². The van der Waals surface area contributed by atoms with Crippen molar-refractivity contribution in [2.75, 3.05) is 59.5 Å². The molecule has 2 aliphatic heterocycles. The molecular weight excluding hydrogens is 190 g/mol. The number of morpholine rings is 1. The largest absolute Gasteiger partial charge is 0.378 e. The van der Waals surface area contributed by atoms with Crippen molar-refractivity contribution >= 4 is 0 Å². The molecule has 2 saturated heterocycles. The van der Waals surface area contributed by atoms with E-state index in [1.165, 1.54) is 32.6 Å². The lowest BCUT2D eigenvalue weighted by Crippen LogP contribution is -2.49. The molecule has 0 aliphatic carbocycles. The molecule has 1 atom stereocenters. The molecule has 2 fully saturated rings. The van der Waals surface area contributed by atoms with E-state index in [-0.39, 0.29) is 0 Å². The maximum absolute atomic E-state index is 5.48. The minimum Gasteiger partial charge on any atom is -0.378 e. The van der Waals surface area contributed by atoms with Crippen molar-refractivity contribution in [3.05, 3.63) is 0 Å². The van der Waals surface area contributed by atoms with Crippen LogP contribution >= 0.6 is 0 Å². The molecule has 0 aromatic carbocycles. The standard InChI is InChI=1S/C11H23N3O/c1-13-4-2-5-14(7-6-13)9-11-10-15-8-3-12-11/h11-12H,2-10H2,1H3. The molecule has 88 valence electrons. The lowest BCUT2D eigenvalue weighted by molar-refractivity contribution is 0.0625. The molecule has 2 rings (SSSR count). The molecule has 0 spiro atoms. The summed E-state index contributed by atoms with van der Waals surface area (Å²) in [6.45, 7) is 8.80. The Kier molecular flexibility index (Phi) is 4.38. The zero-order chi connectivity index (χ0) is 10.5. The quantitative estimate of drug-likeness (QED) is 0.676. The summed E-state index contributed by atoms with van der Waals surface area (Å²) < 4.78 is 5.48. The lowest BCUT2D eigenvalue weighted by Gasteiger charge is -2.29. The Bertz CT molecular complexity index is 183. The van der Waals surface area contributed by atoms with E-state index in [2.05, 4.69) is 22.2 Å². The minimum atomic E-state index is 0.544. The molecule has 0 aromatic rings. The molecule has 15 heavy (non-hydrogen) atoms. The third-order valence-corrected chi connectivity index (χ3v) is 3.29. The van der Waals surface area contributed by atoms with E-state index >= 15 is 0 Å². The number of nitrogens with one attached hydrogen (secondary N) is 1. The molecule has 4 nitrogen and oxygen atoms in total. The van der Waals surface area contributed by atoms with Gasteiger partial charge in [-0.1, -0.05) is 0 Å². The molecular formula is C11H23N3O. The summed E-state index contributed by atoms with van der Waals surface area (Å²) in [5.74, 6) is 0. The van der Waals surface area contributed by atoms with Gasteiger partial charge in [-0.3, -0.25) is 0 Å². The molecule has 2 aliphatic rings. The highest BCUT2D eigenvalue weighted by Gasteiger charge is 2.18. The molecule has 0 saturated carbocycles. The first-order valence-electron chi connectivity index (χ1n) is 6.06. The second kappa shape index (κ2) is 5.80. The van der Waals surface area contributed by atoms with Crippen LogP contribution in [0.15, 0.2) is 0 Å². The van der Waals surface area contributed by atoms with Crippen LogP contribution in [0, 0.1) is 0 Å². The summed E-state index contributed by atoms with van der Waals surface area (Å²) in [7, 11) is 2.21. The van der Waals surface area contributed by atoms with E-state index < -0.39 is 0 Å². The van der Waals surface area contributed by atoms with Crippen LogP contribution in [0.4, 0.5) is 0 Å². The van der Waals surface area contributed by atoms with E-state index in [9.17, 15) is 0 Å². The van der Waals surface area contributed by atoms with Crippen LogP contribution in [0.3, 0.4) is 0 Å². The highest BCUT2D eigenvalue weighted by molar-refractivity contribution is 4.76. The summed E-state index contributed by atoms with van der Waals surface area (Å²) in [6, 6.07) is 0.544. The minimum absolute atomic E-state index is 0.544. The fourth-order valence-corrected chi connectivity index (χ4v) is 2.33. The van der Waals surface area contributed by atoms with Crippen LogP contribution < -0.4 is 5.32 Å². The van der Waals surface area contributed by atoms with Gasteiger partial charge in [-0.15, -0.1) is 0 Å². The van der Waals surface area contributed by atoms with Gasteiger partial charge in [0, 0.05) is 32.2 Å². The predicted octanol–water partition coefficient (Wildman–Crippen LogP) is -0.388. The number of ether oxygens (including phenoxy) is 1. The molecule has 4 heteroatoms. The van der Waals surface area contributed by atoms with Gasteiger partial charge in [-0.05, 0) is 26.6 Å². The SMILES string of the molecule is CN1CCCN(CC2COCCN2)CC1. The Morgan fingerprint density at radius 3 is 3.00 bits per heavy atom. The van der Waals surface area contributed by atoms with Crippen molar-refractivity contribution in [1.82, 2.24) is 15.1 Å². The first-order chi connectivity index (χ1) is 7.34. The zero-order valence-corrected chi connectivity index (χ0v) is 9.74. The topological polar surface area (TPSA) is 27.7 Å². The first-order valence-corrected chi connectivity index (χ1v) is 6.06. The number of likely N-dealkylation sites (N-methyl/N-ethyl adjacent to an activating group) is 1. The smallest absolute Gasteiger partial charge is 0.0632 e. The number of rotatable bonds is 2. The van der Waals surface area contributed by atoms with Crippen molar-refractivity contribution in [3.63, 3.8) is 0 Å². The van der Waals surface area contributed by atoms with E-state index in [0.29, 0.717) is 6.04 Å². The maximum Gasteiger partial charge on any atom is 0.0632 e. The van der Waals surface area contributed by atoms with Crippen molar-refractivity contribution in [2.24, 2.45) is 0 Å². The lowest BCUT2D eigenvalue weighted by atomic mass is 10.2. The van der Waals surface area contributed by atoms with Gasteiger partial charge in [-0.25, -0.2) is 0 Å². The summed E-state index contributed by atoms with van der Waals surface area (Å²) in [5.41, 5.74) is 0. The van der Waals surface area contributed by atoms with Crippen molar-refractivity contribution in [1.29, 1.82) is 0 Å². The van der Waals surface area contributed by atoms with E-state index in [0.717, 1.165) is 26.3 Å². The van der Waals surface area contributed by atoms with Gasteiger partial charge >= 0.3 is 0 Å². The molecule has 1 unspecified atom stereocenters. The van der Waals surface area contributed by atoms with Crippen LogP contribution in [0.1, 0.15) is 6.42 Å². The predicted molar refractivity (Wildman–Crippen MR) is 61.2 cm³/mol. The fraction of sp³-hybridized carbons (Fsp3) is 1.00. The maximum atomic E-state index is 5.48. The molecule has 1 N–H and O–H groups in total. The molecule has 0 aromatic heterocycles. The molecule has 0 bridgehead atoms. The van der Waals surface area contributed by atoms with Crippen molar-refractivity contribution in [3.8, 4) is 0 Å². The molecule has 2 heterocycles. The zero-order valence-electron chi connectivity index (χ0n) is 9.74. The highest BCUT2D eigenvalue weighted by Crippen LogP contribution is 2.03. The van der Waals surface area contributed by atoms with Crippen molar-refractivity contribution < 1.29 is 4.74 Å². The van der Waals surface area contributed by atoms with Gasteiger partial charge in [0.15, 0.2) is 0 Å². The average Bonchev–Trinajstić information content (AvgIpc) is 2.46. The van der Waals surface area contributed by atoms with Gasteiger partial charge in [0.05, 0.1) is 13.2 Å². The summed E-state index contributed by atoms with van der Waals surface area (Å²) in [4.78, 5) is 4.99. The van der Waals surface area contributed by atoms with E-state index in [1.54, 1.807) is 0 Å². The first kappa shape index (κ1) is 11.3. The Hall–Kier alpha value is -0.160. The van der Waals surface area contributed by atoms with E-state index in [1.807, 2.05) is 0 Å². The molecule has 0 amide bonds. The molecule has 0 radical (unpaired) electrons.